The summed E-state index contributed by atoms with van der Waals surface area (Å²) in [4.78, 5) is 2.28. The summed E-state index contributed by atoms with van der Waals surface area (Å²) < 4.78 is 38.3. The predicted molar refractivity (Wildman–Crippen MR) is 89.4 cm³/mol. The molecule has 0 saturated carbocycles. The Balaban J connectivity index is 1.99. The topological polar surface area (TPSA) is 103 Å². The average Bonchev–Trinajstić information content (AvgIpc) is 3.09. The van der Waals surface area contributed by atoms with Gasteiger partial charge in [0.25, 0.3) is 0 Å². The van der Waals surface area contributed by atoms with E-state index in [1.165, 1.54) is 6.26 Å². The SMILES string of the molecule is COCCn1nnnc1C1(N2CCOCC2)CCCN(S(C)(=O)=O)C1. The summed E-state index contributed by atoms with van der Waals surface area (Å²) in [5.41, 5.74) is -0.539. The van der Waals surface area contributed by atoms with Crippen molar-refractivity contribution in [2.24, 2.45) is 0 Å². The first-order valence-electron chi connectivity index (χ1n) is 8.51. The Hall–Kier alpha value is -1.14. The van der Waals surface area contributed by atoms with Crippen LogP contribution in [0, 0.1) is 0 Å². The Bertz CT molecular complexity index is 675. The number of hydrogen-bond acceptors (Lipinski definition) is 8. The Labute approximate surface area is 148 Å². The Morgan fingerprint density at radius 1 is 1.28 bits per heavy atom. The molecule has 25 heavy (non-hydrogen) atoms. The molecule has 2 aliphatic heterocycles. The van der Waals surface area contributed by atoms with Gasteiger partial charge < -0.3 is 9.47 Å². The van der Waals surface area contributed by atoms with E-state index in [-0.39, 0.29) is 0 Å². The van der Waals surface area contributed by atoms with Crippen molar-refractivity contribution in [3.63, 3.8) is 0 Å². The van der Waals surface area contributed by atoms with Gasteiger partial charge in [0.15, 0.2) is 5.82 Å². The molecule has 0 amide bonds. The van der Waals surface area contributed by atoms with Gasteiger partial charge in [0.05, 0.1) is 38.2 Å². The summed E-state index contributed by atoms with van der Waals surface area (Å²) in [5.74, 6) is 0.708. The van der Waals surface area contributed by atoms with Crippen LogP contribution in [0.4, 0.5) is 0 Å². The highest BCUT2D eigenvalue weighted by Gasteiger charge is 2.48. The lowest BCUT2D eigenvalue weighted by Crippen LogP contribution is -2.61. The second kappa shape index (κ2) is 7.62. The summed E-state index contributed by atoms with van der Waals surface area (Å²) >= 11 is 0. The zero-order valence-corrected chi connectivity index (χ0v) is 15.6. The van der Waals surface area contributed by atoms with Crippen molar-refractivity contribution in [3.8, 4) is 0 Å². The van der Waals surface area contributed by atoms with Gasteiger partial charge in [0.1, 0.15) is 0 Å². The van der Waals surface area contributed by atoms with Crippen LogP contribution in [0.15, 0.2) is 0 Å². The third-order valence-electron chi connectivity index (χ3n) is 4.98. The first-order chi connectivity index (χ1) is 12.0. The van der Waals surface area contributed by atoms with Crippen LogP contribution in [0.5, 0.6) is 0 Å². The van der Waals surface area contributed by atoms with Crippen LogP contribution < -0.4 is 0 Å². The summed E-state index contributed by atoms with van der Waals surface area (Å²) in [5, 5.41) is 12.3. The second-order valence-corrected chi connectivity index (χ2v) is 8.53. The molecule has 0 bridgehead atoms. The predicted octanol–water partition coefficient (Wildman–Crippen LogP) is -1.10. The summed E-state index contributed by atoms with van der Waals surface area (Å²) in [6, 6.07) is 0. The summed E-state index contributed by atoms with van der Waals surface area (Å²) in [7, 11) is -1.65. The molecule has 11 heteroatoms. The van der Waals surface area contributed by atoms with E-state index in [1.807, 2.05) is 0 Å². The number of ether oxygens (including phenoxy) is 2. The molecule has 2 aliphatic rings. The number of nitrogens with zero attached hydrogens (tertiary/aromatic N) is 6. The number of morpholine rings is 1. The van der Waals surface area contributed by atoms with Crippen molar-refractivity contribution in [2.75, 3.05) is 59.4 Å². The van der Waals surface area contributed by atoms with E-state index in [2.05, 4.69) is 20.4 Å². The Morgan fingerprint density at radius 2 is 2.04 bits per heavy atom. The van der Waals surface area contributed by atoms with Gasteiger partial charge in [0.2, 0.25) is 10.0 Å². The molecule has 1 atom stereocenters. The van der Waals surface area contributed by atoms with Crippen LogP contribution in [0.2, 0.25) is 0 Å². The largest absolute Gasteiger partial charge is 0.383 e. The fourth-order valence-electron chi connectivity index (χ4n) is 3.72. The highest BCUT2D eigenvalue weighted by Crippen LogP contribution is 2.37. The minimum absolute atomic E-state index is 0.360. The number of sulfonamides is 1. The quantitative estimate of drug-likeness (QED) is 0.618. The number of hydrogen-bond donors (Lipinski definition) is 0. The minimum atomic E-state index is -3.28. The third-order valence-corrected chi connectivity index (χ3v) is 6.23. The Morgan fingerprint density at radius 3 is 2.72 bits per heavy atom. The van der Waals surface area contributed by atoms with Gasteiger partial charge in [0, 0.05) is 33.3 Å². The molecule has 0 spiro atoms. The van der Waals surface area contributed by atoms with Crippen LogP contribution in [0.25, 0.3) is 0 Å². The van der Waals surface area contributed by atoms with E-state index in [4.69, 9.17) is 9.47 Å². The van der Waals surface area contributed by atoms with Crippen molar-refractivity contribution >= 4 is 10.0 Å². The van der Waals surface area contributed by atoms with Gasteiger partial charge >= 0.3 is 0 Å². The first kappa shape index (κ1) is 18.6. The van der Waals surface area contributed by atoms with E-state index in [0.29, 0.717) is 45.3 Å². The molecule has 0 radical (unpaired) electrons. The molecule has 2 fully saturated rings. The molecular formula is C14H26N6O4S. The maximum atomic E-state index is 12.2. The highest BCUT2D eigenvalue weighted by atomic mass is 32.2. The zero-order valence-electron chi connectivity index (χ0n) is 14.8. The highest BCUT2D eigenvalue weighted by molar-refractivity contribution is 7.88. The van der Waals surface area contributed by atoms with Crippen molar-refractivity contribution in [1.82, 2.24) is 29.4 Å². The minimum Gasteiger partial charge on any atom is -0.383 e. The molecule has 0 aromatic carbocycles. The molecule has 1 unspecified atom stereocenters. The van der Waals surface area contributed by atoms with Crippen molar-refractivity contribution in [1.29, 1.82) is 0 Å². The van der Waals surface area contributed by atoms with Crippen LogP contribution in [-0.2, 0) is 31.6 Å². The molecule has 1 aromatic heterocycles. The smallest absolute Gasteiger partial charge is 0.211 e. The molecule has 3 rings (SSSR count). The maximum Gasteiger partial charge on any atom is 0.211 e. The number of aromatic nitrogens is 4. The standard InChI is InChI=1S/C14H26N6O4S/c1-23-9-8-20-13(15-16-17-20)14(18-6-10-24-11-7-18)4-3-5-19(12-14)25(2,21)22/h3-12H2,1-2H3. The van der Waals surface area contributed by atoms with Crippen LogP contribution in [0.3, 0.4) is 0 Å². The van der Waals surface area contributed by atoms with Crippen molar-refractivity contribution < 1.29 is 17.9 Å². The molecule has 3 heterocycles. The lowest BCUT2D eigenvalue weighted by Gasteiger charge is -2.49. The molecule has 0 aliphatic carbocycles. The second-order valence-electron chi connectivity index (χ2n) is 6.55. The average molecular weight is 374 g/mol. The Kier molecular flexibility index (Phi) is 5.68. The van der Waals surface area contributed by atoms with E-state index in [0.717, 1.165) is 25.9 Å². The van der Waals surface area contributed by atoms with Gasteiger partial charge in [-0.15, -0.1) is 5.10 Å². The van der Waals surface area contributed by atoms with Crippen molar-refractivity contribution in [2.45, 2.75) is 24.9 Å². The van der Waals surface area contributed by atoms with Gasteiger partial charge in [-0.2, -0.15) is 4.31 Å². The van der Waals surface area contributed by atoms with Gasteiger partial charge in [-0.25, -0.2) is 13.1 Å². The monoisotopic (exact) mass is 374 g/mol. The normalized spacial score (nSPS) is 26.8. The number of piperidine rings is 1. The molecule has 142 valence electrons. The van der Waals surface area contributed by atoms with Crippen molar-refractivity contribution in [3.05, 3.63) is 5.82 Å². The van der Waals surface area contributed by atoms with Crippen LogP contribution in [-0.4, -0.2) is 97.2 Å². The maximum absolute atomic E-state index is 12.2. The lowest BCUT2D eigenvalue weighted by atomic mass is 9.86. The van der Waals surface area contributed by atoms with Gasteiger partial charge in [-0.05, 0) is 23.3 Å². The number of tetrazole rings is 1. The molecule has 0 N–H and O–H groups in total. The third kappa shape index (κ3) is 3.85. The van der Waals surface area contributed by atoms with E-state index in [1.54, 1.807) is 16.1 Å². The first-order valence-corrected chi connectivity index (χ1v) is 10.4. The van der Waals surface area contributed by atoms with Gasteiger partial charge in [-0.1, -0.05) is 0 Å². The summed E-state index contributed by atoms with van der Waals surface area (Å²) in [6.07, 6.45) is 2.84. The molecular weight excluding hydrogens is 348 g/mol. The van der Waals surface area contributed by atoms with Gasteiger partial charge in [-0.3, -0.25) is 4.90 Å². The number of methoxy groups -OCH3 is 1. The van der Waals surface area contributed by atoms with E-state index in [9.17, 15) is 8.42 Å². The molecule has 2 saturated heterocycles. The fraction of sp³-hybridized carbons (Fsp3) is 0.929. The van der Waals surface area contributed by atoms with Crippen LogP contribution in [0.1, 0.15) is 18.7 Å². The zero-order chi connectivity index (χ0) is 17.9. The number of rotatable bonds is 6. The molecule has 1 aromatic rings. The van der Waals surface area contributed by atoms with E-state index >= 15 is 0 Å². The summed E-state index contributed by atoms with van der Waals surface area (Å²) in [6.45, 7) is 4.63. The fourth-order valence-corrected chi connectivity index (χ4v) is 4.63. The van der Waals surface area contributed by atoms with E-state index < -0.39 is 15.6 Å². The molecule has 10 nitrogen and oxygen atoms in total. The van der Waals surface area contributed by atoms with Crippen LogP contribution >= 0.6 is 0 Å². The lowest BCUT2D eigenvalue weighted by molar-refractivity contribution is -0.0507.